The molecular formula is C10H18N2O3S2. The zero-order valence-electron chi connectivity index (χ0n) is 9.97. The van der Waals surface area contributed by atoms with E-state index >= 15 is 0 Å². The second-order valence-corrected chi connectivity index (χ2v) is 6.80. The average Bonchev–Trinajstić information content (AvgIpc) is 2.76. The van der Waals surface area contributed by atoms with Gasteiger partial charge in [-0.05, 0) is 22.9 Å². The summed E-state index contributed by atoms with van der Waals surface area (Å²) in [5.74, 6) is 0.142. The Bertz CT molecular complexity index is 442. The van der Waals surface area contributed by atoms with E-state index in [1.165, 1.54) is 11.3 Å². The number of nitrogens with one attached hydrogen (secondary N) is 1. The van der Waals surface area contributed by atoms with Gasteiger partial charge in [0.15, 0.2) is 0 Å². The third kappa shape index (κ3) is 4.36. The van der Waals surface area contributed by atoms with Crippen LogP contribution in [0.5, 0.6) is 0 Å². The van der Waals surface area contributed by atoms with Gasteiger partial charge >= 0.3 is 0 Å². The van der Waals surface area contributed by atoms with Gasteiger partial charge in [0, 0.05) is 26.8 Å². The van der Waals surface area contributed by atoms with Gasteiger partial charge in [0.2, 0.25) is 10.0 Å². The standard InChI is InChI=1S/C10H18N2O3S2/c1-8(6-15-2)5-12-17(13,14)10-3-9(4-11)7-16-10/h3,7-8,12H,4-6,11H2,1-2H3. The van der Waals surface area contributed by atoms with Crippen LogP contribution in [-0.4, -0.2) is 28.7 Å². The van der Waals surface area contributed by atoms with Gasteiger partial charge in [-0.3, -0.25) is 0 Å². The first kappa shape index (κ1) is 14.6. The van der Waals surface area contributed by atoms with Crippen molar-refractivity contribution in [1.29, 1.82) is 0 Å². The van der Waals surface area contributed by atoms with Crippen LogP contribution < -0.4 is 10.5 Å². The maximum absolute atomic E-state index is 11.9. The lowest BCUT2D eigenvalue weighted by atomic mass is 10.2. The summed E-state index contributed by atoms with van der Waals surface area (Å²) in [6, 6.07) is 1.61. The summed E-state index contributed by atoms with van der Waals surface area (Å²) in [6.07, 6.45) is 0. The highest BCUT2D eigenvalue weighted by Crippen LogP contribution is 2.19. The monoisotopic (exact) mass is 278 g/mol. The van der Waals surface area contributed by atoms with E-state index in [9.17, 15) is 8.42 Å². The summed E-state index contributed by atoms with van der Waals surface area (Å²) < 4.78 is 31.6. The summed E-state index contributed by atoms with van der Waals surface area (Å²) in [4.78, 5) is 0. The molecule has 98 valence electrons. The highest BCUT2D eigenvalue weighted by Gasteiger charge is 2.17. The Balaban J connectivity index is 2.62. The number of ether oxygens (including phenoxy) is 1. The van der Waals surface area contributed by atoms with E-state index < -0.39 is 10.0 Å². The Hall–Kier alpha value is -0.470. The molecule has 1 unspecified atom stereocenters. The predicted octanol–water partition coefficient (Wildman–Crippen LogP) is 0.768. The Labute approximate surface area is 106 Å². The third-order valence-corrected chi connectivity index (χ3v) is 5.12. The molecule has 0 spiro atoms. The Morgan fingerprint density at radius 2 is 2.29 bits per heavy atom. The molecule has 0 bridgehead atoms. The molecule has 1 rings (SSSR count). The molecule has 1 aromatic heterocycles. The fourth-order valence-electron chi connectivity index (χ4n) is 1.27. The van der Waals surface area contributed by atoms with E-state index in [0.717, 1.165) is 5.56 Å². The maximum Gasteiger partial charge on any atom is 0.250 e. The van der Waals surface area contributed by atoms with E-state index in [1.54, 1.807) is 18.6 Å². The third-order valence-electron chi connectivity index (χ3n) is 2.20. The van der Waals surface area contributed by atoms with Gasteiger partial charge in [-0.1, -0.05) is 6.92 Å². The first-order valence-corrected chi connectivity index (χ1v) is 7.62. The van der Waals surface area contributed by atoms with Crippen LogP contribution in [0.3, 0.4) is 0 Å². The van der Waals surface area contributed by atoms with Crippen LogP contribution in [0.2, 0.25) is 0 Å². The van der Waals surface area contributed by atoms with Gasteiger partial charge in [0.25, 0.3) is 0 Å². The lowest BCUT2D eigenvalue weighted by molar-refractivity contribution is 0.161. The van der Waals surface area contributed by atoms with E-state index in [2.05, 4.69) is 4.72 Å². The smallest absolute Gasteiger partial charge is 0.250 e. The van der Waals surface area contributed by atoms with Crippen molar-refractivity contribution in [3.63, 3.8) is 0 Å². The number of hydrogen-bond acceptors (Lipinski definition) is 5. The minimum absolute atomic E-state index is 0.142. The maximum atomic E-state index is 11.9. The molecular weight excluding hydrogens is 260 g/mol. The zero-order chi connectivity index (χ0) is 12.9. The molecule has 0 saturated carbocycles. The first-order valence-electron chi connectivity index (χ1n) is 5.25. The SMILES string of the molecule is COCC(C)CNS(=O)(=O)c1cc(CN)cs1. The Morgan fingerprint density at radius 1 is 1.59 bits per heavy atom. The van der Waals surface area contributed by atoms with Crippen LogP contribution in [-0.2, 0) is 21.3 Å². The van der Waals surface area contributed by atoms with Crippen molar-refractivity contribution in [2.75, 3.05) is 20.3 Å². The molecule has 0 fully saturated rings. The molecule has 1 heterocycles. The average molecular weight is 278 g/mol. The Morgan fingerprint density at radius 3 is 2.82 bits per heavy atom. The van der Waals surface area contributed by atoms with Crippen LogP contribution >= 0.6 is 11.3 Å². The molecule has 7 heteroatoms. The number of nitrogens with two attached hydrogens (primary N) is 1. The number of thiophene rings is 1. The van der Waals surface area contributed by atoms with Crippen molar-refractivity contribution in [3.05, 3.63) is 17.0 Å². The van der Waals surface area contributed by atoms with Crippen molar-refractivity contribution in [1.82, 2.24) is 4.72 Å². The van der Waals surface area contributed by atoms with Crippen molar-refractivity contribution in [3.8, 4) is 0 Å². The van der Waals surface area contributed by atoms with Gasteiger partial charge in [-0.2, -0.15) is 0 Å². The van der Waals surface area contributed by atoms with Gasteiger partial charge in [0.05, 0.1) is 0 Å². The van der Waals surface area contributed by atoms with Crippen molar-refractivity contribution in [2.24, 2.45) is 11.7 Å². The van der Waals surface area contributed by atoms with Crippen molar-refractivity contribution >= 4 is 21.4 Å². The molecule has 1 atom stereocenters. The molecule has 17 heavy (non-hydrogen) atoms. The highest BCUT2D eigenvalue weighted by molar-refractivity contribution is 7.91. The molecule has 5 nitrogen and oxygen atoms in total. The Kier molecular flexibility index (Phi) is 5.54. The van der Waals surface area contributed by atoms with Gasteiger partial charge < -0.3 is 10.5 Å². The summed E-state index contributed by atoms with van der Waals surface area (Å²) >= 11 is 1.18. The second-order valence-electron chi connectivity index (χ2n) is 3.89. The summed E-state index contributed by atoms with van der Waals surface area (Å²) in [6.45, 7) is 3.17. The van der Waals surface area contributed by atoms with Crippen LogP contribution in [0.25, 0.3) is 0 Å². The molecule has 1 aromatic rings. The molecule has 0 aliphatic heterocycles. The first-order chi connectivity index (χ1) is 7.99. The van der Waals surface area contributed by atoms with Gasteiger partial charge in [-0.25, -0.2) is 13.1 Å². The molecule has 0 radical (unpaired) electrons. The minimum atomic E-state index is -3.41. The molecule has 0 aliphatic carbocycles. The number of rotatable bonds is 7. The van der Waals surface area contributed by atoms with Crippen molar-refractivity contribution < 1.29 is 13.2 Å². The van der Waals surface area contributed by atoms with E-state index in [1.807, 2.05) is 6.92 Å². The lowest BCUT2D eigenvalue weighted by Gasteiger charge is -2.10. The summed E-state index contributed by atoms with van der Waals surface area (Å²) in [5, 5.41) is 1.76. The number of methoxy groups -OCH3 is 1. The molecule has 0 aromatic carbocycles. The largest absolute Gasteiger partial charge is 0.384 e. The van der Waals surface area contributed by atoms with Crippen LogP contribution in [0.4, 0.5) is 0 Å². The fourth-order valence-corrected chi connectivity index (χ4v) is 3.70. The van der Waals surface area contributed by atoms with Crippen molar-refractivity contribution in [2.45, 2.75) is 17.7 Å². The molecule has 0 aliphatic rings. The van der Waals surface area contributed by atoms with Gasteiger partial charge in [0.1, 0.15) is 4.21 Å². The molecule has 3 N–H and O–H groups in total. The topological polar surface area (TPSA) is 81.4 Å². The number of sulfonamides is 1. The highest BCUT2D eigenvalue weighted by atomic mass is 32.2. The molecule has 0 amide bonds. The van der Waals surface area contributed by atoms with Crippen LogP contribution in [0.15, 0.2) is 15.7 Å². The van der Waals surface area contributed by atoms with E-state index in [0.29, 0.717) is 23.9 Å². The lowest BCUT2D eigenvalue weighted by Crippen LogP contribution is -2.29. The van der Waals surface area contributed by atoms with Gasteiger partial charge in [-0.15, -0.1) is 11.3 Å². The van der Waals surface area contributed by atoms with Crippen LogP contribution in [0, 0.1) is 5.92 Å². The summed E-state index contributed by atoms with van der Waals surface area (Å²) in [7, 11) is -1.81. The predicted molar refractivity (Wildman–Crippen MR) is 68.4 cm³/mol. The second kappa shape index (κ2) is 6.46. The fraction of sp³-hybridized carbons (Fsp3) is 0.600. The quantitative estimate of drug-likeness (QED) is 0.772. The van der Waals surface area contributed by atoms with Crippen LogP contribution in [0.1, 0.15) is 12.5 Å². The summed E-state index contributed by atoms with van der Waals surface area (Å²) in [5.41, 5.74) is 6.28. The normalized spacial score (nSPS) is 13.8. The van der Waals surface area contributed by atoms with E-state index in [4.69, 9.17) is 10.5 Å². The van der Waals surface area contributed by atoms with E-state index in [-0.39, 0.29) is 5.92 Å². The zero-order valence-corrected chi connectivity index (χ0v) is 11.6. The minimum Gasteiger partial charge on any atom is -0.384 e. The number of hydrogen-bond donors (Lipinski definition) is 2. The molecule has 0 saturated heterocycles.